The van der Waals surface area contributed by atoms with Crippen LogP contribution in [-0.2, 0) is 4.79 Å². The molecule has 0 spiro atoms. The van der Waals surface area contributed by atoms with Crippen LogP contribution in [0.15, 0.2) is 10.0 Å². The predicted molar refractivity (Wildman–Crippen MR) is 43.4 cm³/mol. The molecular weight excluding hydrogens is 250 g/mol. The minimum Gasteiger partial charge on any atom is -0.290 e. The van der Waals surface area contributed by atoms with Crippen molar-refractivity contribution < 1.29 is 4.79 Å². The zero-order valence-electron chi connectivity index (χ0n) is 4.07. The minimum atomic E-state index is -1.05. The first-order chi connectivity index (χ1) is 4.09. The van der Waals surface area contributed by atoms with Gasteiger partial charge in [0.15, 0.2) is 4.84 Å². The van der Waals surface area contributed by atoms with Crippen LogP contribution >= 0.6 is 50.7 Å². The summed E-state index contributed by atoms with van der Waals surface area (Å²) in [6.07, 6.45) is 0. The zero-order chi connectivity index (χ0) is 7.44. The summed E-state index contributed by atoms with van der Waals surface area (Å²) >= 11 is 18.4. The average molecular weight is 252 g/mol. The number of halogens is 4. The molecule has 0 heterocycles. The van der Waals surface area contributed by atoms with Gasteiger partial charge in [-0.1, -0.05) is 34.8 Å². The maximum absolute atomic E-state index is 10.6. The molecule has 0 fully saturated rings. The molecule has 0 radical (unpaired) electrons. The molecule has 0 aliphatic carbocycles. The third-order valence-corrected chi connectivity index (χ3v) is 2.03. The van der Waals surface area contributed by atoms with E-state index in [-0.39, 0.29) is 4.48 Å². The molecule has 1 nitrogen and oxygen atoms in total. The van der Waals surface area contributed by atoms with Gasteiger partial charge in [-0.2, -0.15) is 0 Å². The van der Waals surface area contributed by atoms with Gasteiger partial charge in [-0.25, -0.2) is 0 Å². The van der Waals surface area contributed by atoms with Crippen molar-refractivity contribution in [3.63, 3.8) is 0 Å². The van der Waals surface area contributed by atoms with E-state index < -0.39 is 10.6 Å². The Hall–Kier alpha value is 0.760. The highest BCUT2D eigenvalue weighted by molar-refractivity contribution is 9.12. The number of Topliss-reactive ketones (excluding diaryl/α,β-unsaturated/α-hetero) is 1. The maximum Gasteiger partial charge on any atom is 0.203 e. The van der Waals surface area contributed by atoms with Crippen LogP contribution < -0.4 is 0 Å². The highest BCUT2D eigenvalue weighted by Gasteiger charge is 2.13. The van der Waals surface area contributed by atoms with E-state index in [1.54, 1.807) is 0 Å². The first-order valence-corrected chi connectivity index (χ1v) is 3.98. The summed E-state index contributed by atoms with van der Waals surface area (Å²) in [6, 6.07) is 0. The predicted octanol–water partition coefficient (Wildman–Crippen LogP) is 2.83. The van der Waals surface area contributed by atoms with Crippen molar-refractivity contribution in [1.82, 2.24) is 0 Å². The number of carbonyl (C=O) groups is 1. The molecule has 0 aliphatic heterocycles. The second-order valence-corrected chi connectivity index (χ2v) is 3.29. The molecular formula is C4H2BrCl3O. The lowest BCUT2D eigenvalue weighted by Gasteiger charge is -1.94. The summed E-state index contributed by atoms with van der Waals surface area (Å²) in [7, 11) is 0. The Morgan fingerprint density at radius 2 is 2.00 bits per heavy atom. The standard InChI is InChI=1S/C4H2BrCl3O/c5-2(1-6)3(9)4(7)8/h1,4H/b2-1+. The molecule has 0 amide bonds. The van der Waals surface area contributed by atoms with Gasteiger partial charge >= 0.3 is 0 Å². The summed E-state index contributed by atoms with van der Waals surface area (Å²) < 4.78 is 0.180. The van der Waals surface area contributed by atoms with Crippen LogP contribution in [0.1, 0.15) is 0 Å². The fourth-order valence-corrected chi connectivity index (χ4v) is 0.993. The number of hydrogen-bond acceptors (Lipinski definition) is 1. The highest BCUT2D eigenvalue weighted by Crippen LogP contribution is 2.15. The lowest BCUT2D eigenvalue weighted by Crippen LogP contribution is -2.06. The normalized spacial score (nSPS) is 12.3. The molecule has 9 heavy (non-hydrogen) atoms. The summed E-state index contributed by atoms with van der Waals surface area (Å²) in [5.41, 5.74) is 1.07. The molecule has 0 N–H and O–H groups in total. The van der Waals surface area contributed by atoms with Gasteiger partial charge in [0.25, 0.3) is 0 Å². The van der Waals surface area contributed by atoms with Crippen LogP contribution in [0.25, 0.3) is 0 Å². The van der Waals surface area contributed by atoms with Gasteiger partial charge in [-0.05, 0) is 15.9 Å². The fraction of sp³-hybridized carbons (Fsp3) is 0.250. The number of allylic oxidation sites excluding steroid dienone is 1. The Balaban J connectivity index is 4.06. The Morgan fingerprint density at radius 3 is 2.11 bits per heavy atom. The third-order valence-electron chi connectivity index (χ3n) is 0.529. The Morgan fingerprint density at radius 1 is 1.56 bits per heavy atom. The van der Waals surface area contributed by atoms with Crippen molar-refractivity contribution in [2.45, 2.75) is 4.84 Å². The molecule has 0 atom stereocenters. The monoisotopic (exact) mass is 250 g/mol. The van der Waals surface area contributed by atoms with Crippen LogP contribution in [0.3, 0.4) is 0 Å². The lowest BCUT2D eigenvalue weighted by atomic mass is 10.4. The average Bonchev–Trinajstić information content (AvgIpc) is 1.84. The third kappa shape index (κ3) is 3.46. The summed E-state index contributed by atoms with van der Waals surface area (Å²) in [5.74, 6) is -0.437. The molecule has 0 saturated heterocycles. The molecule has 0 aromatic rings. The van der Waals surface area contributed by atoms with E-state index in [0.29, 0.717) is 0 Å². The SMILES string of the molecule is O=C(/C(Br)=C\Cl)C(Cl)Cl. The van der Waals surface area contributed by atoms with Gasteiger partial charge in [0.05, 0.1) is 4.48 Å². The second kappa shape index (κ2) is 4.56. The largest absolute Gasteiger partial charge is 0.290 e. The molecule has 0 aliphatic rings. The van der Waals surface area contributed by atoms with Crippen molar-refractivity contribution in [2.75, 3.05) is 0 Å². The van der Waals surface area contributed by atoms with Crippen molar-refractivity contribution in [1.29, 1.82) is 0 Å². The van der Waals surface area contributed by atoms with E-state index in [4.69, 9.17) is 34.8 Å². The number of hydrogen-bond donors (Lipinski definition) is 0. The van der Waals surface area contributed by atoms with E-state index in [0.717, 1.165) is 5.54 Å². The number of ketones is 1. The highest BCUT2D eigenvalue weighted by atomic mass is 79.9. The molecule has 0 unspecified atom stereocenters. The topological polar surface area (TPSA) is 17.1 Å². The quantitative estimate of drug-likeness (QED) is 0.545. The van der Waals surface area contributed by atoms with Crippen molar-refractivity contribution in [2.24, 2.45) is 0 Å². The van der Waals surface area contributed by atoms with E-state index in [2.05, 4.69) is 15.9 Å². The number of rotatable bonds is 2. The Bertz CT molecular complexity index is 143. The maximum atomic E-state index is 10.6. The lowest BCUT2D eigenvalue weighted by molar-refractivity contribution is -0.113. The van der Waals surface area contributed by atoms with Crippen LogP contribution in [0, 0.1) is 0 Å². The van der Waals surface area contributed by atoms with Gasteiger partial charge in [-0.3, -0.25) is 4.79 Å². The Kier molecular flexibility index (Phi) is 4.94. The summed E-state index contributed by atoms with van der Waals surface area (Å²) in [6.45, 7) is 0. The van der Waals surface area contributed by atoms with Crippen LogP contribution in [-0.4, -0.2) is 10.6 Å². The van der Waals surface area contributed by atoms with E-state index in [1.165, 1.54) is 0 Å². The van der Waals surface area contributed by atoms with Gasteiger partial charge in [-0.15, -0.1) is 0 Å². The van der Waals surface area contributed by atoms with Crippen molar-refractivity contribution in [3.8, 4) is 0 Å². The zero-order valence-corrected chi connectivity index (χ0v) is 7.93. The van der Waals surface area contributed by atoms with Gasteiger partial charge < -0.3 is 0 Å². The first kappa shape index (κ1) is 9.76. The summed E-state index contributed by atoms with van der Waals surface area (Å²) in [5, 5.41) is 0. The van der Waals surface area contributed by atoms with Crippen LogP contribution in [0.5, 0.6) is 0 Å². The van der Waals surface area contributed by atoms with E-state index >= 15 is 0 Å². The number of carbonyl (C=O) groups excluding carboxylic acids is 1. The van der Waals surface area contributed by atoms with Crippen molar-refractivity contribution in [3.05, 3.63) is 10.0 Å². The molecule has 0 rings (SSSR count). The Labute approximate surface area is 76.1 Å². The molecule has 0 bridgehead atoms. The minimum absolute atomic E-state index is 0.180. The van der Waals surface area contributed by atoms with Gasteiger partial charge in [0.1, 0.15) is 0 Å². The molecule has 0 aromatic carbocycles. The smallest absolute Gasteiger partial charge is 0.203 e. The van der Waals surface area contributed by atoms with Crippen LogP contribution in [0.4, 0.5) is 0 Å². The van der Waals surface area contributed by atoms with Crippen LogP contribution in [0.2, 0.25) is 0 Å². The van der Waals surface area contributed by atoms with Crippen molar-refractivity contribution >= 4 is 56.5 Å². The summed E-state index contributed by atoms with van der Waals surface area (Å²) in [4.78, 5) is 9.56. The fourth-order valence-electron chi connectivity index (χ4n) is 0.158. The van der Waals surface area contributed by atoms with E-state index in [1.807, 2.05) is 0 Å². The number of alkyl halides is 2. The molecule has 0 aromatic heterocycles. The van der Waals surface area contributed by atoms with Gasteiger partial charge in [0, 0.05) is 5.54 Å². The molecule has 0 saturated carbocycles. The second-order valence-electron chi connectivity index (χ2n) is 1.12. The van der Waals surface area contributed by atoms with Gasteiger partial charge in [0.2, 0.25) is 5.78 Å². The first-order valence-electron chi connectivity index (χ1n) is 1.88. The van der Waals surface area contributed by atoms with E-state index in [9.17, 15) is 4.79 Å². The molecule has 52 valence electrons. The molecule has 5 heteroatoms.